The second-order valence-electron chi connectivity index (χ2n) is 4.79. The van der Waals surface area contributed by atoms with Gasteiger partial charge in [-0.25, -0.2) is 0 Å². The van der Waals surface area contributed by atoms with E-state index < -0.39 is 7.80 Å². The minimum absolute atomic E-state index is 0.270. The molecule has 0 saturated carbocycles. The number of hydrogen-bond donors (Lipinski definition) is 0. The van der Waals surface area contributed by atoms with Gasteiger partial charge in [0.1, 0.15) is 7.57 Å². The standard InChI is InChI=1S/C13H16BP/c1-13(2,3)11-15(14)10-9-12-7-5-4-6-8-12/h4-8H,11H2,1-3H3. The summed E-state index contributed by atoms with van der Waals surface area (Å²) in [6.07, 6.45) is 0.988. The van der Waals surface area contributed by atoms with Crippen LogP contribution >= 0.6 is 7.80 Å². The normalized spacial score (nSPS) is 12.7. The summed E-state index contributed by atoms with van der Waals surface area (Å²) in [5, 5.41) is 0. The molecular weight excluding hydrogens is 198 g/mol. The fraction of sp³-hybridized carbons (Fsp3) is 0.385. The van der Waals surface area contributed by atoms with Crippen LogP contribution in [0.2, 0.25) is 0 Å². The lowest BCUT2D eigenvalue weighted by Crippen LogP contribution is -2.09. The molecule has 1 aromatic carbocycles. The Hall–Kier alpha value is -0.725. The molecule has 0 aliphatic heterocycles. The summed E-state index contributed by atoms with van der Waals surface area (Å²) in [7, 11) is 5.35. The monoisotopic (exact) mass is 214 g/mol. The molecule has 76 valence electrons. The van der Waals surface area contributed by atoms with Crippen LogP contribution in [-0.4, -0.2) is 13.7 Å². The minimum Gasteiger partial charge on any atom is -0.0824 e. The number of rotatable bonds is 1. The molecule has 1 unspecified atom stereocenters. The van der Waals surface area contributed by atoms with Gasteiger partial charge in [-0.1, -0.05) is 58.4 Å². The smallest absolute Gasteiger partial charge is 0.0824 e. The molecule has 0 amide bonds. The summed E-state index contributed by atoms with van der Waals surface area (Å²) in [6.45, 7) is 6.58. The molecule has 0 aliphatic rings. The van der Waals surface area contributed by atoms with Crippen molar-refractivity contribution in [2.24, 2.45) is 5.41 Å². The van der Waals surface area contributed by atoms with Crippen molar-refractivity contribution in [3.05, 3.63) is 35.9 Å². The topological polar surface area (TPSA) is 0 Å². The first-order valence-electron chi connectivity index (χ1n) is 5.06. The summed E-state index contributed by atoms with van der Waals surface area (Å²) in [6, 6.07) is 9.99. The van der Waals surface area contributed by atoms with Crippen molar-refractivity contribution in [2.45, 2.75) is 20.8 Å². The van der Waals surface area contributed by atoms with Gasteiger partial charge in [0, 0.05) is 5.56 Å². The van der Waals surface area contributed by atoms with E-state index in [9.17, 15) is 0 Å². The van der Waals surface area contributed by atoms with Crippen LogP contribution in [0.15, 0.2) is 30.3 Å². The lowest BCUT2D eigenvalue weighted by Gasteiger charge is -2.20. The fourth-order valence-corrected chi connectivity index (χ4v) is 2.58. The summed E-state index contributed by atoms with van der Waals surface area (Å²) in [5.74, 6) is 3.12. The van der Waals surface area contributed by atoms with Crippen molar-refractivity contribution < 1.29 is 0 Å². The summed E-state index contributed by atoms with van der Waals surface area (Å²) < 4.78 is 0. The lowest BCUT2D eigenvalue weighted by molar-refractivity contribution is 0.479. The Morgan fingerprint density at radius 1 is 1.20 bits per heavy atom. The Bertz CT molecular complexity index is 354. The molecule has 15 heavy (non-hydrogen) atoms. The van der Waals surface area contributed by atoms with E-state index in [0.717, 1.165) is 11.7 Å². The van der Waals surface area contributed by atoms with Gasteiger partial charge in [0.05, 0.1) is 0 Å². The van der Waals surface area contributed by atoms with Gasteiger partial charge in [0.25, 0.3) is 0 Å². The highest BCUT2D eigenvalue weighted by atomic mass is 31.1. The van der Waals surface area contributed by atoms with Crippen molar-refractivity contribution in [1.29, 1.82) is 0 Å². The Labute approximate surface area is 95.6 Å². The second kappa shape index (κ2) is 5.38. The zero-order valence-corrected chi connectivity index (χ0v) is 10.5. The SMILES string of the molecule is [B]P(C#Cc1ccccc1)CC(C)(C)C. The summed E-state index contributed by atoms with van der Waals surface area (Å²) in [5.41, 5.74) is 4.46. The van der Waals surface area contributed by atoms with Gasteiger partial charge in [-0.05, 0) is 23.7 Å². The fourth-order valence-electron chi connectivity index (χ4n) is 1.21. The molecule has 0 nitrogen and oxygen atoms in total. The third-order valence-electron chi connectivity index (χ3n) is 1.76. The lowest BCUT2D eigenvalue weighted by atomic mass is 10.0. The number of benzene rings is 1. The zero-order valence-electron chi connectivity index (χ0n) is 9.62. The first kappa shape index (κ1) is 12.3. The van der Waals surface area contributed by atoms with Crippen LogP contribution in [0, 0.1) is 17.0 Å². The molecule has 2 radical (unpaired) electrons. The van der Waals surface area contributed by atoms with Crippen LogP contribution in [0.4, 0.5) is 0 Å². The van der Waals surface area contributed by atoms with Gasteiger partial charge < -0.3 is 0 Å². The molecule has 1 rings (SSSR count). The van der Waals surface area contributed by atoms with Crippen LogP contribution in [0.5, 0.6) is 0 Å². The Kier molecular flexibility index (Phi) is 4.43. The average Bonchev–Trinajstić information content (AvgIpc) is 2.14. The molecule has 1 atom stereocenters. The van der Waals surface area contributed by atoms with Crippen LogP contribution < -0.4 is 0 Å². The molecule has 2 heteroatoms. The molecule has 0 aliphatic carbocycles. The van der Waals surface area contributed by atoms with E-state index in [1.807, 2.05) is 30.3 Å². The van der Waals surface area contributed by atoms with Gasteiger partial charge in [-0.2, -0.15) is 0 Å². The Balaban J connectivity index is 2.59. The van der Waals surface area contributed by atoms with Crippen molar-refractivity contribution in [2.75, 3.05) is 6.16 Å². The van der Waals surface area contributed by atoms with Gasteiger partial charge in [-0.3, -0.25) is 0 Å². The highest BCUT2D eigenvalue weighted by molar-refractivity contribution is 7.86. The maximum Gasteiger partial charge on any atom is 0.126 e. The third kappa shape index (κ3) is 5.65. The van der Waals surface area contributed by atoms with Crippen molar-refractivity contribution in [3.63, 3.8) is 0 Å². The predicted molar refractivity (Wildman–Crippen MR) is 70.3 cm³/mol. The summed E-state index contributed by atoms with van der Waals surface area (Å²) >= 11 is 0. The molecule has 0 N–H and O–H groups in total. The quantitative estimate of drug-likeness (QED) is 0.380. The average molecular weight is 214 g/mol. The highest BCUT2D eigenvalue weighted by Gasteiger charge is 2.12. The van der Waals surface area contributed by atoms with Gasteiger partial charge in [-0.15, -0.1) is 0 Å². The first-order chi connectivity index (χ1) is 6.97. The second-order valence-corrected chi connectivity index (χ2v) is 6.27. The van der Waals surface area contributed by atoms with E-state index in [2.05, 4.69) is 32.4 Å². The first-order valence-corrected chi connectivity index (χ1v) is 6.66. The molecule has 1 aromatic rings. The van der Waals surface area contributed by atoms with Gasteiger partial charge >= 0.3 is 0 Å². The largest absolute Gasteiger partial charge is 0.126 e. The van der Waals surface area contributed by atoms with Crippen molar-refractivity contribution in [1.82, 2.24) is 0 Å². The molecule has 0 bridgehead atoms. The van der Waals surface area contributed by atoms with E-state index in [0.29, 0.717) is 0 Å². The van der Waals surface area contributed by atoms with Gasteiger partial charge in [0.15, 0.2) is 0 Å². The number of hydrogen-bond acceptors (Lipinski definition) is 0. The molecule has 0 aromatic heterocycles. The van der Waals surface area contributed by atoms with E-state index >= 15 is 0 Å². The van der Waals surface area contributed by atoms with E-state index in [-0.39, 0.29) is 5.41 Å². The molecular formula is C13H16BP. The summed E-state index contributed by atoms with van der Waals surface area (Å²) in [4.78, 5) is 0. The van der Waals surface area contributed by atoms with Crippen molar-refractivity contribution >= 4 is 15.4 Å². The minimum atomic E-state index is -0.653. The maximum absolute atomic E-state index is 6.00. The Morgan fingerprint density at radius 2 is 1.80 bits per heavy atom. The molecule has 0 heterocycles. The maximum atomic E-state index is 6.00. The van der Waals surface area contributed by atoms with E-state index in [1.54, 1.807) is 0 Å². The molecule has 0 spiro atoms. The Morgan fingerprint density at radius 3 is 2.33 bits per heavy atom. The van der Waals surface area contributed by atoms with Crippen LogP contribution in [0.1, 0.15) is 26.3 Å². The zero-order chi connectivity index (χ0) is 11.3. The third-order valence-corrected chi connectivity index (χ3v) is 3.45. The highest BCUT2D eigenvalue weighted by Crippen LogP contribution is 2.35. The van der Waals surface area contributed by atoms with E-state index in [1.165, 1.54) is 0 Å². The van der Waals surface area contributed by atoms with Crippen LogP contribution in [0.25, 0.3) is 0 Å². The van der Waals surface area contributed by atoms with Crippen molar-refractivity contribution in [3.8, 4) is 11.6 Å². The van der Waals surface area contributed by atoms with E-state index in [4.69, 9.17) is 7.57 Å². The van der Waals surface area contributed by atoms with Gasteiger partial charge in [0.2, 0.25) is 0 Å². The molecule has 0 saturated heterocycles. The molecule has 0 fully saturated rings. The predicted octanol–water partition coefficient (Wildman–Crippen LogP) is 3.61. The van der Waals surface area contributed by atoms with Crippen LogP contribution in [-0.2, 0) is 0 Å². The van der Waals surface area contributed by atoms with Crippen LogP contribution in [0.3, 0.4) is 0 Å².